The normalized spacial score (nSPS) is 15.3. The Bertz CT molecular complexity index is 3340. The maximum atomic E-state index is 15.4. The summed E-state index contributed by atoms with van der Waals surface area (Å²) >= 11 is 2.66. The number of fused-ring (bicyclic) bond motifs is 1. The van der Waals surface area contributed by atoms with Crippen LogP contribution in [0, 0.1) is 5.92 Å². The van der Waals surface area contributed by atoms with Crippen LogP contribution in [0.25, 0.3) is 6.08 Å². The van der Waals surface area contributed by atoms with Crippen LogP contribution in [0.2, 0.25) is 0 Å². The number of nitrogens with one attached hydrogen (secondary N) is 2. The number of hydrogen-bond donors (Lipinski definition) is 2. The minimum Gasteiger partial charge on any atom is -0.457 e. The fourth-order valence-electron chi connectivity index (χ4n) is 10.0. The van der Waals surface area contributed by atoms with E-state index in [1.807, 2.05) is 152 Å². The molecule has 4 heterocycles. The quantitative estimate of drug-likeness (QED) is 0.0155. The first-order chi connectivity index (χ1) is 40.2. The van der Waals surface area contributed by atoms with Crippen molar-refractivity contribution in [1.82, 2.24) is 20.2 Å². The summed E-state index contributed by atoms with van der Waals surface area (Å²) in [7, 11) is 0. The summed E-state index contributed by atoms with van der Waals surface area (Å²) in [6.07, 6.45) is 7.59. The Morgan fingerprint density at radius 2 is 1.21 bits per heavy atom. The van der Waals surface area contributed by atoms with E-state index >= 15 is 4.79 Å². The van der Waals surface area contributed by atoms with Crippen molar-refractivity contribution in [2.45, 2.75) is 49.2 Å². The van der Waals surface area contributed by atoms with Gasteiger partial charge in [-0.15, -0.1) is 23.1 Å². The zero-order chi connectivity index (χ0) is 56.7. The van der Waals surface area contributed by atoms with Gasteiger partial charge < -0.3 is 29.7 Å². The average molecular weight is 1130 g/mol. The van der Waals surface area contributed by atoms with Crippen LogP contribution < -0.4 is 10.6 Å². The fraction of sp³-hybridized carbons (Fsp3) is 0.197. The number of oxime groups is 1. The zero-order valence-electron chi connectivity index (χ0n) is 45.2. The van der Waals surface area contributed by atoms with Crippen molar-refractivity contribution in [2.24, 2.45) is 11.1 Å². The van der Waals surface area contributed by atoms with Crippen molar-refractivity contribution < 1.29 is 38.2 Å². The summed E-state index contributed by atoms with van der Waals surface area (Å²) in [5, 5.41) is 13.1. The number of thiazole rings is 1. The summed E-state index contributed by atoms with van der Waals surface area (Å²) in [5.74, 6) is -1.38. The molecular weight excluding hydrogens is 1070 g/mol. The second-order valence-corrected chi connectivity index (χ2v) is 21.8. The molecule has 14 nitrogen and oxygen atoms in total. The van der Waals surface area contributed by atoms with Crippen LogP contribution in [0.4, 0.5) is 9.93 Å². The molecule has 6 aromatic carbocycles. The van der Waals surface area contributed by atoms with Gasteiger partial charge in [0.15, 0.2) is 10.8 Å². The number of β-lactam (4-membered cyclic amide) rings is 1. The van der Waals surface area contributed by atoms with Gasteiger partial charge in [0.1, 0.15) is 41.6 Å². The lowest BCUT2D eigenvalue weighted by atomic mass is 9.77. The van der Waals surface area contributed by atoms with Gasteiger partial charge in [0.05, 0.1) is 6.61 Å². The summed E-state index contributed by atoms with van der Waals surface area (Å²) in [6.45, 7) is 3.82. The van der Waals surface area contributed by atoms with Crippen LogP contribution in [-0.2, 0) is 44.6 Å². The number of pyridine rings is 1. The zero-order valence-corrected chi connectivity index (χ0v) is 46.8. The van der Waals surface area contributed by atoms with Crippen molar-refractivity contribution in [3.05, 3.63) is 274 Å². The van der Waals surface area contributed by atoms with Crippen LogP contribution in [0.1, 0.15) is 71.3 Å². The Morgan fingerprint density at radius 1 is 0.683 bits per heavy atom. The number of carbonyl (C=O) groups is 4. The molecule has 8 aromatic rings. The molecule has 0 saturated carbocycles. The molecule has 414 valence electrons. The molecule has 2 aromatic heterocycles. The van der Waals surface area contributed by atoms with Gasteiger partial charge in [-0.3, -0.25) is 19.5 Å². The maximum Gasteiger partial charge on any atom is 0.508 e. The van der Waals surface area contributed by atoms with Crippen LogP contribution in [0.5, 0.6) is 0 Å². The molecule has 1 fully saturated rings. The minimum atomic E-state index is -1.39. The van der Waals surface area contributed by atoms with Gasteiger partial charge in [-0.05, 0) is 52.7 Å². The first-order valence-electron chi connectivity index (χ1n) is 27.0. The molecule has 10 rings (SSSR count). The minimum absolute atomic E-state index is 0.000177. The molecule has 0 radical (unpaired) electrons. The molecule has 2 aliphatic heterocycles. The van der Waals surface area contributed by atoms with Crippen LogP contribution in [0.3, 0.4) is 0 Å². The third kappa shape index (κ3) is 12.4. The molecular formula is C66H60N6O8S2. The van der Waals surface area contributed by atoms with Crippen LogP contribution in [0.15, 0.2) is 234 Å². The molecule has 0 unspecified atom stereocenters. The Balaban J connectivity index is 0.999. The number of hydrogen-bond acceptors (Lipinski definition) is 14. The lowest BCUT2D eigenvalue weighted by Gasteiger charge is -2.49. The van der Waals surface area contributed by atoms with Gasteiger partial charge >= 0.3 is 12.1 Å². The maximum absolute atomic E-state index is 15.4. The monoisotopic (exact) mass is 1130 g/mol. The van der Waals surface area contributed by atoms with Gasteiger partial charge in [-0.2, -0.15) is 0 Å². The van der Waals surface area contributed by atoms with Gasteiger partial charge in [-0.25, -0.2) is 14.6 Å². The number of carbonyl (C=O) groups excluding carboxylic acids is 4. The standard InChI is InChI=1S/C66H60N6O8S2/c1-46(2)23-22-40-78-64(76)79-42-41-77-62(75)58-48(38-37-47-24-21-39-67-43-47)44-81-61-57(60(74)72(58)61)69-59(73)56(71-80-66(52-31-15-6-16-32-52,53-33-17-7-18-34-53)54-35-19-8-20-36-54)55-45-82-63(68-55)70-65(49-25-9-3-10-26-49,50-27-11-4-12-28-50)51-29-13-5-14-30-51/h3-21,24-39,43,45-46,57,61H,22-23,40-42,44H2,1-2H3,(H,68,70)(H,69,73)/b38-37-,71-56?/t57-,61+/m1/s1. The number of thioether (sulfide) groups is 1. The van der Waals surface area contributed by atoms with Crippen molar-refractivity contribution >= 4 is 64.0 Å². The van der Waals surface area contributed by atoms with Crippen molar-refractivity contribution in [3.63, 3.8) is 0 Å². The molecule has 2 aliphatic rings. The van der Waals surface area contributed by atoms with Gasteiger partial charge in [-0.1, -0.05) is 219 Å². The predicted molar refractivity (Wildman–Crippen MR) is 319 cm³/mol. The van der Waals surface area contributed by atoms with Crippen LogP contribution >= 0.6 is 23.1 Å². The van der Waals surface area contributed by atoms with Gasteiger partial charge in [0.25, 0.3) is 11.8 Å². The van der Waals surface area contributed by atoms with E-state index in [9.17, 15) is 14.4 Å². The van der Waals surface area contributed by atoms with E-state index in [0.29, 0.717) is 23.0 Å². The molecule has 2 atom stereocenters. The molecule has 0 bridgehead atoms. The molecule has 2 N–H and O–H groups in total. The molecule has 1 saturated heterocycles. The topological polar surface area (TPSA) is 171 Å². The predicted octanol–water partition coefficient (Wildman–Crippen LogP) is 12.2. The Kier molecular flexibility index (Phi) is 18.1. The van der Waals surface area contributed by atoms with E-state index in [4.69, 9.17) is 29.2 Å². The third-order valence-electron chi connectivity index (χ3n) is 14.0. The molecule has 16 heteroatoms. The number of ether oxygens (including phenoxy) is 3. The first kappa shape index (κ1) is 56.2. The lowest BCUT2D eigenvalue weighted by molar-refractivity contribution is -0.153. The number of esters is 1. The Hall–Kier alpha value is -9.12. The summed E-state index contributed by atoms with van der Waals surface area (Å²) in [6, 6.07) is 61.8. The summed E-state index contributed by atoms with van der Waals surface area (Å²) in [5.41, 5.74) is 3.95. The van der Waals surface area contributed by atoms with Gasteiger partial charge in [0.2, 0.25) is 5.60 Å². The molecule has 0 aliphatic carbocycles. The fourth-order valence-corrected chi connectivity index (χ4v) is 12.1. The van der Waals surface area contributed by atoms with Crippen molar-refractivity contribution in [3.8, 4) is 0 Å². The third-order valence-corrected chi connectivity index (χ3v) is 16.1. The number of allylic oxidation sites excluding steroid dienone is 1. The number of benzene rings is 6. The van der Waals surface area contributed by atoms with E-state index in [2.05, 4.69) is 65.9 Å². The summed E-state index contributed by atoms with van der Waals surface area (Å²) in [4.78, 5) is 74.2. The highest BCUT2D eigenvalue weighted by molar-refractivity contribution is 8.00. The Morgan fingerprint density at radius 3 is 1.73 bits per heavy atom. The number of rotatable bonds is 23. The van der Waals surface area contributed by atoms with Crippen molar-refractivity contribution in [2.75, 3.05) is 30.9 Å². The second-order valence-electron chi connectivity index (χ2n) is 19.8. The summed E-state index contributed by atoms with van der Waals surface area (Å²) < 4.78 is 16.0. The highest BCUT2D eigenvalue weighted by Crippen LogP contribution is 2.44. The number of amides is 2. The number of aromatic nitrogens is 2. The van der Waals surface area contributed by atoms with E-state index < -0.39 is 46.5 Å². The van der Waals surface area contributed by atoms with E-state index in [-0.39, 0.29) is 42.7 Å². The smallest absolute Gasteiger partial charge is 0.457 e. The first-order valence-corrected chi connectivity index (χ1v) is 29.0. The van der Waals surface area contributed by atoms with E-state index in [0.717, 1.165) is 45.4 Å². The van der Waals surface area contributed by atoms with Crippen LogP contribution in [-0.4, -0.2) is 81.5 Å². The number of anilines is 1. The second kappa shape index (κ2) is 26.4. The van der Waals surface area contributed by atoms with Crippen molar-refractivity contribution in [1.29, 1.82) is 0 Å². The molecule has 2 amide bonds. The SMILES string of the molecule is CC(C)CCCOC(=O)OCCOC(=O)C1=C(/C=C\c2cccnc2)CS[C@H]2[C@H](NC(=O)C(=NOC(c3ccccc3)(c3ccccc3)c3ccccc3)c3csc(NC(c4ccccc4)(c4ccccc4)c4ccccc4)n3)C(=O)N12. The van der Waals surface area contributed by atoms with Gasteiger partial charge in [0, 0.05) is 40.2 Å². The highest BCUT2D eigenvalue weighted by atomic mass is 32.2. The molecule has 0 spiro atoms. The largest absolute Gasteiger partial charge is 0.508 e. The Labute approximate surface area is 484 Å². The lowest BCUT2D eigenvalue weighted by Crippen LogP contribution is -2.71. The van der Waals surface area contributed by atoms with E-state index in [1.165, 1.54) is 28.0 Å². The molecule has 82 heavy (non-hydrogen) atoms. The van der Waals surface area contributed by atoms with E-state index in [1.54, 1.807) is 36.0 Å². The highest BCUT2D eigenvalue weighted by Gasteiger charge is 2.55. The number of nitrogens with zero attached hydrogens (tertiary/aromatic N) is 4. The average Bonchev–Trinajstić information content (AvgIpc) is 3.50.